The van der Waals surface area contributed by atoms with E-state index in [0.717, 1.165) is 22.2 Å². The van der Waals surface area contributed by atoms with E-state index in [9.17, 15) is 9.59 Å². The van der Waals surface area contributed by atoms with Crippen molar-refractivity contribution in [1.82, 2.24) is 4.90 Å². The van der Waals surface area contributed by atoms with E-state index >= 15 is 0 Å². The molecule has 0 bridgehead atoms. The molecule has 0 aromatic heterocycles. The van der Waals surface area contributed by atoms with E-state index in [4.69, 9.17) is 14.6 Å². The smallest absolute Gasteiger partial charge is 0.305 e. The Morgan fingerprint density at radius 3 is 2.54 bits per heavy atom. The number of carbonyl (C=O) groups is 2. The number of anilines is 1. The van der Waals surface area contributed by atoms with Gasteiger partial charge in [0.05, 0.1) is 18.0 Å². The van der Waals surface area contributed by atoms with Crippen LogP contribution in [0.5, 0.6) is 0 Å². The fourth-order valence-electron chi connectivity index (χ4n) is 5.03. The van der Waals surface area contributed by atoms with Crippen molar-refractivity contribution < 1.29 is 24.2 Å². The molecule has 0 saturated carbocycles. The van der Waals surface area contributed by atoms with Gasteiger partial charge in [0.2, 0.25) is 0 Å². The number of hydrogen-bond acceptors (Lipinski definition) is 6. The number of methoxy groups -OCH3 is 1. The minimum Gasteiger partial charge on any atom is -0.469 e. The summed E-state index contributed by atoms with van der Waals surface area (Å²) in [5, 5.41) is 4.74. The number of nitrogens with zero attached hydrogens (tertiary/aromatic N) is 2. The zero-order valence-corrected chi connectivity index (χ0v) is 24.8. The number of benzene rings is 3. The third kappa shape index (κ3) is 6.62. The number of esters is 1. The average molecular weight is 560 g/mol. The molecule has 7 nitrogen and oxygen atoms in total. The zero-order valence-electron chi connectivity index (χ0n) is 28.8. The van der Waals surface area contributed by atoms with Crippen LogP contribution >= 0.6 is 0 Å². The first-order chi connectivity index (χ1) is 21.4. The van der Waals surface area contributed by atoms with Gasteiger partial charge in [0.1, 0.15) is 11.3 Å². The molecule has 1 aliphatic heterocycles. The fraction of sp³-hybridized carbons (Fsp3) is 0.382. The predicted molar refractivity (Wildman–Crippen MR) is 165 cm³/mol. The van der Waals surface area contributed by atoms with Crippen molar-refractivity contribution >= 4 is 28.5 Å². The summed E-state index contributed by atoms with van der Waals surface area (Å²) in [5.41, 5.74) is 4.34. The van der Waals surface area contributed by atoms with Crippen LogP contribution in [0.4, 0.5) is 5.69 Å². The minimum atomic E-state index is -0.512. The Balaban J connectivity index is 1.99. The predicted octanol–water partition coefficient (Wildman–Crippen LogP) is 6.98. The van der Waals surface area contributed by atoms with E-state index in [0.29, 0.717) is 73.2 Å². The van der Waals surface area contributed by atoms with Crippen LogP contribution in [-0.4, -0.2) is 50.6 Å². The van der Waals surface area contributed by atoms with Crippen LogP contribution in [0.1, 0.15) is 66.5 Å². The second kappa shape index (κ2) is 13.5. The molecule has 1 heterocycles. The van der Waals surface area contributed by atoms with Crippen LogP contribution in [0.3, 0.4) is 0 Å². The van der Waals surface area contributed by atoms with E-state index in [1.54, 1.807) is 7.05 Å². The number of ether oxygens (including phenoxy) is 1. The van der Waals surface area contributed by atoms with Gasteiger partial charge >= 0.3 is 5.97 Å². The lowest BCUT2D eigenvalue weighted by Gasteiger charge is -2.22. The van der Waals surface area contributed by atoms with Gasteiger partial charge in [-0.3, -0.25) is 14.6 Å². The molecule has 0 atom stereocenters. The van der Waals surface area contributed by atoms with Crippen LogP contribution in [0.15, 0.2) is 57.8 Å². The minimum absolute atomic E-state index is 0.0970. The van der Waals surface area contributed by atoms with Crippen molar-refractivity contribution in [3.05, 3.63) is 70.5 Å². The van der Waals surface area contributed by atoms with Crippen molar-refractivity contribution in [2.75, 3.05) is 39.1 Å². The van der Waals surface area contributed by atoms with Crippen molar-refractivity contribution in [3.63, 3.8) is 0 Å². The second-order valence-electron chi connectivity index (χ2n) is 10.1. The van der Waals surface area contributed by atoms with Crippen LogP contribution in [0, 0.1) is 13.8 Å². The lowest BCUT2D eigenvalue weighted by atomic mass is 9.89. The fourth-order valence-corrected chi connectivity index (χ4v) is 5.03. The highest BCUT2D eigenvalue weighted by Crippen LogP contribution is 2.43. The molecule has 2 aliphatic rings. The summed E-state index contributed by atoms with van der Waals surface area (Å²) in [4.78, 5) is 31.7. The molecule has 0 unspecified atom stereocenters. The molecule has 7 heteroatoms. The largest absolute Gasteiger partial charge is 0.469 e. The molecule has 1 aliphatic carbocycles. The molecule has 41 heavy (non-hydrogen) atoms. The van der Waals surface area contributed by atoms with Crippen LogP contribution < -0.4 is 10.7 Å². The molecular formula is C34H41N3O4. The Hall–Kier alpha value is -4.13. The van der Waals surface area contributed by atoms with Gasteiger partial charge < -0.3 is 19.4 Å². The van der Waals surface area contributed by atoms with Gasteiger partial charge in [-0.25, -0.2) is 0 Å². The van der Waals surface area contributed by atoms with E-state index in [1.807, 2.05) is 52.0 Å². The van der Waals surface area contributed by atoms with Gasteiger partial charge in [0, 0.05) is 73.0 Å². The molecular weight excluding hydrogens is 514 g/mol. The van der Waals surface area contributed by atoms with Crippen molar-refractivity contribution in [1.29, 1.82) is 0 Å². The summed E-state index contributed by atoms with van der Waals surface area (Å²) in [6.45, 7) is 9.47. The quantitative estimate of drug-likeness (QED) is 0.122. The molecule has 2 aromatic carbocycles. The SMILES string of the molecule is [2H]c1c([2H])c([2H])c(-c2c3cc(C)c(=NCC)cc-3oc3cc(NCC)c(C)cc23)c(C(=O)N(C)CCCCCC(=O)OC)c1[2H]. The number of carbonyl (C=O) groups excluding carboxylic acids is 2. The number of rotatable bonds is 11. The summed E-state index contributed by atoms with van der Waals surface area (Å²) in [5.74, 6) is -0.300. The topological polar surface area (TPSA) is 84.1 Å². The Morgan fingerprint density at radius 2 is 1.80 bits per heavy atom. The molecule has 4 rings (SSSR count). The number of hydrogen-bond donors (Lipinski definition) is 1. The molecule has 0 saturated heterocycles. The highest BCUT2D eigenvalue weighted by molar-refractivity contribution is 6.09. The van der Waals surface area contributed by atoms with E-state index in [-0.39, 0.29) is 23.1 Å². The number of amides is 1. The molecule has 216 valence electrons. The normalized spacial score (nSPS) is 13.1. The van der Waals surface area contributed by atoms with Gasteiger partial charge in [-0.05, 0) is 75.4 Å². The molecule has 1 N–H and O–H groups in total. The Morgan fingerprint density at radius 1 is 1.02 bits per heavy atom. The molecule has 2 aromatic rings. The lowest BCUT2D eigenvalue weighted by molar-refractivity contribution is -0.140. The van der Waals surface area contributed by atoms with Gasteiger partial charge in [0.15, 0.2) is 0 Å². The summed E-state index contributed by atoms with van der Waals surface area (Å²) in [6.07, 6.45) is 2.23. The summed E-state index contributed by atoms with van der Waals surface area (Å²) in [6, 6.07) is 5.99. The van der Waals surface area contributed by atoms with Crippen molar-refractivity contribution in [2.24, 2.45) is 4.99 Å². The van der Waals surface area contributed by atoms with Crippen LogP contribution in [0.2, 0.25) is 0 Å². The Bertz CT molecular complexity index is 1800. The van der Waals surface area contributed by atoms with Gasteiger partial charge in [0.25, 0.3) is 5.91 Å². The maximum Gasteiger partial charge on any atom is 0.305 e. The highest BCUT2D eigenvalue weighted by atomic mass is 16.5. The molecule has 0 radical (unpaired) electrons. The number of fused-ring (bicyclic) bond motifs is 2. The standard InChI is InChI=1S/C34H41N3O4/c1-7-35-28-20-30-26(18-22(28)3)33(27-19-23(4)29(36-8-2)21-31(27)41-30)24-14-11-12-15-25(24)34(39)37(5)17-13-9-10-16-32(38)40-6/h11-12,14-15,18-21,35H,7-10,13,16-17H2,1-6H3/i11D,12D,14D,15D. The zero-order chi connectivity index (χ0) is 33.0. The Labute approximate surface area is 248 Å². The molecule has 1 amide bonds. The van der Waals surface area contributed by atoms with Crippen LogP contribution in [-0.2, 0) is 9.53 Å². The number of unbranched alkanes of at least 4 members (excludes halogenated alkanes) is 2. The summed E-state index contributed by atoms with van der Waals surface area (Å²) in [7, 11) is 2.98. The summed E-state index contributed by atoms with van der Waals surface area (Å²) < 4.78 is 46.2. The van der Waals surface area contributed by atoms with E-state index in [2.05, 4.69) is 10.3 Å². The third-order valence-corrected chi connectivity index (χ3v) is 7.18. The second-order valence-corrected chi connectivity index (χ2v) is 10.1. The average Bonchev–Trinajstić information content (AvgIpc) is 3.01. The maximum atomic E-state index is 14.1. The monoisotopic (exact) mass is 559 g/mol. The maximum absolute atomic E-state index is 14.1. The van der Waals surface area contributed by atoms with Crippen molar-refractivity contribution in [3.8, 4) is 22.5 Å². The molecule has 0 spiro atoms. The first-order valence-electron chi connectivity index (χ1n) is 16.1. The first kappa shape index (κ1) is 24.6. The van der Waals surface area contributed by atoms with E-state index in [1.165, 1.54) is 12.0 Å². The molecule has 0 fully saturated rings. The van der Waals surface area contributed by atoms with Gasteiger partial charge in [-0.15, -0.1) is 0 Å². The van der Waals surface area contributed by atoms with Crippen LogP contribution in [0.25, 0.3) is 33.4 Å². The van der Waals surface area contributed by atoms with E-state index < -0.39 is 24.0 Å². The number of aryl methyl sites for hydroxylation is 2. The highest BCUT2D eigenvalue weighted by Gasteiger charge is 2.24. The summed E-state index contributed by atoms with van der Waals surface area (Å²) >= 11 is 0. The Kier molecular flexibility index (Phi) is 8.11. The first-order valence-corrected chi connectivity index (χ1v) is 14.1. The van der Waals surface area contributed by atoms with Crippen molar-refractivity contribution in [2.45, 2.75) is 53.4 Å². The number of nitrogens with one attached hydrogen (secondary N) is 1. The van der Waals surface area contributed by atoms with Gasteiger partial charge in [-0.2, -0.15) is 0 Å². The lowest BCUT2D eigenvalue weighted by Crippen LogP contribution is -2.28. The van der Waals surface area contributed by atoms with Gasteiger partial charge in [-0.1, -0.05) is 24.5 Å². The third-order valence-electron chi connectivity index (χ3n) is 7.18.